The number of anilines is 1. The first-order valence-corrected chi connectivity index (χ1v) is 10.8. The van der Waals surface area contributed by atoms with E-state index in [1.54, 1.807) is 0 Å². The second kappa shape index (κ2) is 9.78. The van der Waals surface area contributed by atoms with Gasteiger partial charge in [0.1, 0.15) is 36.5 Å². The van der Waals surface area contributed by atoms with Gasteiger partial charge >= 0.3 is 11.9 Å². The van der Waals surface area contributed by atoms with Gasteiger partial charge in [0.25, 0.3) is 11.8 Å². The second-order valence-electron chi connectivity index (χ2n) is 6.32. The number of oxime groups is 1. The van der Waals surface area contributed by atoms with Crippen LogP contribution in [0.2, 0.25) is 0 Å². The molecule has 1 fully saturated rings. The number of carboxylic acids is 1. The van der Waals surface area contributed by atoms with E-state index >= 15 is 0 Å². The van der Waals surface area contributed by atoms with E-state index in [0.717, 1.165) is 16.2 Å². The minimum Gasteiger partial charge on any atom is -0.477 e. The molecule has 3 heterocycles. The minimum absolute atomic E-state index is 0.119. The number of amides is 3. The van der Waals surface area contributed by atoms with Gasteiger partial charge in [0, 0.05) is 23.6 Å². The Hall–Kier alpha value is -3.46. The second-order valence-corrected chi connectivity index (χ2v) is 8.28. The quantitative estimate of drug-likeness (QED) is 0.135. The maximum atomic E-state index is 12.8. The number of carbonyl (C=O) groups excluding carboxylic acids is 4. The molecule has 170 valence electrons. The van der Waals surface area contributed by atoms with Crippen LogP contribution >= 0.6 is 23.1 Å². The zero-order valence-corrected chi connectivity index (χ0v) is 18.3. The van der Waals surface area contributed by atoms with Crippen LogP contribution < -0.4 is 10.6 Å². The largest absolute Gasteiger partial charge is 0.477 e. The van der Waals surface area contributed by atoms with Gasteiger partial charge in [0.2, 0.25) is 6.41 Å². The van der Waals surface area contributed by atoms with Crippen molar-refractivity contribution < 1.29 is 38.7 Å². The maximum absolute atomic E-state index is 12.8. The highest BCUT2D eigenvalue weighted by molar-refractivity contribution is 8.00. The normalized spacial score (nSPS) is 20.1. The molecule has 3 amide bonds. The van der Waals surface area contributed by atoms with Crippen LogP contribution in [0.25, 0.3) is 0 Å². The van der Waals surface area contributed by atoms with E-state index in [0.29, 0.717) is 6.41 Å². The Morgan fingerprint density at radius 3 is 2.81 bits per heavy atom. The molecule has 2 aliphatic heterocycles. The van der Waals surface area contributed by atoms with Crippen LogP contribution in [-0.4, -0.2) is 81.8 Å². The van der Waals surface area contributed by atoms with E-state index in [9.17, 15) is 29.1 Å². The summed E-state index contributed by atoms with van der Waals surface area (Å²) >= 11 is 2.28. The summed E-state index contributed by atoms with van der Waals surface area (Å²) in [6.07, 6.45) is 0.432. The van der Waals surface area contributed by atoms with Gasteiger partial charge in [-0.15, -0.1) is 23.1 Å². The minimum atomic E-state index is -1.34. The highest BCUT2D eigenvalue weighted by Gasteiger charge is 2.54. The molecule has 0 aliphatic carbocycles. The third kappa shape index (κ3) is 4.57. The molecule has 15 heteroatoms. The number of β-lactam (4-membered cyclic amide) rings is 1. The lowest BCUT2D eigenvalue weighted by molar-refractivity contribution is -0.150. The Morgan fingerprint density at radius 1 is 1.44 bits per heavy atom. The lowest BCUT2D eigenvalue weighted by Crippen LogP contribution is -2.71. The molecule has 0 spiro atoms. The summed E-state index contributed by atoms with van der Waals surface area (Å²) in [5.74, 6) is -3.11. The van der Waals surface area contributed by atoms with Crippen molar-refractivity contribution in [3.05, 3.63) is 22.3 Å². The van der Waals surface area contributed by atoms with Gasteiger partial charge in [-0.2, -0.15) is 0 Å². The molecule has 0 bridgehead atoms. The van der Waals surface area contributed by atoms with Crippen LogP contribution in [0, 0.1) is 0 Å². The van der Waals surface area contributed by atoms with E-state index in [-0.39, 0.29) is 40.2 Å². The summed E-state index contributed by atoms with van der Waals surface area (Å²) in [5, 5.41) is 19.1. The Bertz CT molecular complexity index is 1040. The Kier molecular flexibility index (Phi) is 7.09. The number of carboxylic acid groups (broad SMARTS) is 1. The number of aromatic nitrogens is 1. The zero-order chi connectivity index (χ0) is 23.4. The fourth-order valence-corrected chi connectivity index (χ4v) is 4.97. The molecule has 3 N–H and O–H groups in total. The summed E-state index contributed by atoms with van der Waals surface area (Å²) < 4.78 is 4.88. The summed E-state index contributed by atoms with van der Waals surface area (Å²) in [7, 11) is 1.23. The van der Waals surface area contributed by atoms with Crippen molar-refractivity contribution in [3.63, 3.8) is 0 Å². The van der Waals surface area contributed by atoms with Crippen LogP contribution in [0.15, 0.2) is 21.8 Å². The van der Waals surface area contributed by atoms with Crippen LogP contribution in [0.3, 0.4) is 0 Å². The van der Waals surface area contributed by atoms with Crippen molar-refractivity contribution in [2.45, 2.75) is 18.3 Å². The van der Waals surface area contributed by atoms with Gasteiger partial charge in [0.15, 0.2) is 10.8 Å². The van der Waals surface area contributed by atoms with Crippen molar-refractivity contribution in [2.75, 3.05) is 24.8 Å². The first-order valence-electron chi connectivity index (χ1n) is 8.90. The molecule has 2 atom stereocenters. The molecular weight excluding hydrogens is 466 g/mol. The lowest BCUT2D eigenvalue weighted by Gasteiger charge is -2.49. The molecule has 0 saturated carbocycles. The van der Waals surface area contributed by atoms with Crippen molar-refractivity contribution in [3.8, 4) is 0 Å². The number of nitrogens with one attached hydrogen (secondary N) is 2. The predicted octanol–water partition coefficient (Wildman–Crippen LogP) is -0.636. The molecule has 3 rings (SSSR count). The van der Waals surface area contributed by atoms with Crippen molar-refractivity contribution in [1.29, 1.82) is 0 Å². The molecular formula is C17H17N5O8S2. The molecule has 1 aromatic rings. The zero-order valence-electron chi connectivity index (χ0n) is 16.7. The number of ether oxygens (including phenoxy) is 1. The van der Waals surface area contributed by atoms with Gasteiger partial charge in [-0.3, -0.25) is 24.1 Å². The molecule has 32 heavy (non-hydrogen) atoms. The predicted molar refractivity (Wildman–Crippen MR) is 112 cm³/mol. The van der Waals surface area contributed by atoms with Gasteiger partial charge in [-0.1, -0.05) is 5.16 Å². The highest BCUT2D eigenvalue weighted by Crippen LogP contribution is 2.40. The SMILES string of the molecule is CO/N=C(/C(=O)N[C@@H]1C(=O)N2C(C(=O)O)=C(COC(C)=O)CS[C@H]12)c1csc(NC=O)n1. The van der Waals surface area contributed by atoms with Gasteiger partial charge in [0.05, 0.1) is 0 Å². The third-order valence-electron chi connectivity index (χ3n) is 4.31. The number of rotatable bonds is 9. The number of carbonyl (C=O) groups is 5. The van der Waals surface area contributed by atoms with E-state index in [1.165, 1.54) is 31.2 Å². The first-order chi connectivity index (χ1) is 15.3. The Balaban J connectivity index is 1.76. The fourth-order valence-electron chi connectivity index (χ4n) is 2.99. The van der Waals surface area contributed by atoms with Crippen molar-refractivity contribution >= 4 is 64.1 Å². The maximum Gasteiger partial charge on any atom is 0.352 e. The molecule has 2 aliphatic rings. The molecule has 0 radical (unpaired) electrons. The number of thioether (sulfide) groups is 1. The molecule has 13 nitrogen and oxygen atoms in total. The van der Waals surface area contributed by atoms with Gasteiger partial charge in [-0.25, -0.2) is 9.78 Å². The monoisotopic (exact) mass is 483 g/mol. The van der Waals surface area contributed by atoms with Crippen LogP contribution in [0.4, 0.5) is 5.13 Å². The lowest BCUT2D eigenvalue weighted by atomic mass is 10.0. The van der Waals surface area contributed by atoms with Crippen LogP contribution in [0.1, 0.15) is 12.6 Å². The number of hydrogen-bond donors (Lipinski definition) is 3. The van der Waals surface area contributed by atoms with E-state index in [1.807, 2.05) is 0 Å². The average Bonchev–Trinajstić information content (AvgIpc) is 3.21. The van der Waals surface area contributed by atoms with Gasteiger partial charge < -0.3 is 25.3 Å². The van der Waals surface area contributed by atoms with Crippen molar-refractivity contribution in [1.82, 2.24) is 15.2 Å². The van der Waals surface area contributed by atoms with Gasteiger partial charge in [-0.05, 0) is 0 Å². The van der Waals surface area contributed by atoms with E-state index in [4.69, 9.17) is 9.57 Å². The van der Waals surface area contributed by atoms with Crippen LogP contribution in [-0.2, 0) is 33.5 Å². The Morgan fingerprint density at radius 2 is 2.19 bits per heavy atom. The highest BCUT2D eigenvalue weighted by atomic mass is 32.2. The number of aliphatic carboxylic acids is 1. The number of hydrogen-bond acceptors (Lipinski definition) is 11. The number of nitrogens with zero attached hydrogens (tertiary/aromatic N) is 3. The summed E-state index contributed by atoms with van der Waals surface area (Å²) in [6.45, 7) is 0.947. The molecule has 0 aromatic carbocycles. The fraction of sp³-hybridized carbons (Fsp3) is 0.353. The summed E-state index contributed by atoms with van der Waals surface area (Å²) in [6, 6.07) is -1.01. The molecule has 1 aromatic heterocycles. The smallest absolute Gasteiger partial charge is 0.352 e. The third-order valence-corrected chi connectivity index (χ3v) is 6.43. The number of fused-ring (bicyclic) bond motifs is 1. The average molecular weight is 483 g/mol. The summed E-state index contributed by atoms with van der Waals surface area (Å²) in [5.41, 5.74) is -0.0838. The number of thiazole rings is 1. The standard InChI is InChI=1S/C17H17N5O8S2/c1-7(24)30-3-8-4-31-15-11(14(26)22(15)12(8)16(27)28)20-13(25)10(21-29-2)9-5-32-17(19-9)18-6-23/h5-6,11,15H,3-4H2,1-2H3,(H,20,25)(H,27,28)(H,18,19,23)/b21-10+/t11-,15-/m1/s1. The Labute approximate surface area is 188 Å². The first kappa shape index (κ1) is 23.2. The number of esters is 1. The van der Waals surface area contributed by atoms with E-state index < -0.39 is 35.2 Å². The van der Waals surface area contributed by atoms with Crippen molar-refractivity contribution in [2.24, 2.45) is 5.16 Å². The molecule has 1 saturated heterocycles. The summed E-state index contributed by atoms with van der Waals surface area (Å²) in [4.78, 5) is 68.6. The topological polar surface area (TPSA) is 177 Å². The molecule has 0 unspecified atom stereocenters. The van der Waals surface area contributed by atoms with Crippen LogP contribution in [0.5, 0.6) is 0 Å². The van der Waals surface area contributed by atoms with E-state index in [2.05, 4.69) is 20.8 Å².